The molecule has 0 unspecified atom stereocenters. The van der Waals surface area contributed by atoms with Crippen LogP contribution in [0.25, 0.3) is 16.9 Å². The number of aryl methyl sites for hydroxylation is 1. The van der Waals surface area contributed by atoms with Gasteiger partial charge < -0.3 is 10.8 Å². The van der Waals surface area contributed by atoms with Gasteiger partial charge in [-0.25, -0.2) is 18.7 Å². The molecule has 0 spiro atoms. The molecular formula is C16H13FN4O3. The van der Waals surface area contributed by atoms with Crippen LogP contribution in [0.2, 0.25) is 0 Å². The summed E-state index contributed by atoms with van der Waals surface area (Å²) in [4.78, 5) is 26.3. The van der Waals surface area contributed by atoms with E-state index in [1.807, 2.05) is 6.92 Å². The van der Waals surface area contributed by atoms with Crippen molar-refractivity contribution >= 4 is 17.5 Å². The number of amides is 1. The van der Waals surface area contributed by atoms with Crippen LogP contribution in [0.5, 0.6) is 0 Å². The second-order valence-electron chi connectivity index (χ2n) is 5.15. The molecule has 0 fully saturated rings. The van der Waals surface area contributed by atoms with Gasteiger partial charge in [0.05, 0.1) is 5.69 Å². The number of aromatic nitrogens is 3. The maximum atomic E-state index is 14.2. The van der Waals surface area contributed by atoms with E-state index in [-0.39, 0.29) is 22.5 Å². The average molecular weight is 328 g/mol. The second kappa shape index (κ2) is 5.73. The van der Waals surface area contributed by atoms with Crippen LogP contribution in [-0.4, -0.2) is 31.6 Å². The van der Waals surface area contributed by atoms with Crippen LogP contribution in [0.4, 0.5) is 4.39 Å². The van der Waals surface area contributed by atoms with Gasteiger partial charge in [-0.15, -0.1) is 0 Å². The zero-order chi connectivity index (χ0) is 17.4. The SMILES string of the molecule is CCc1cc(C(=O)O)nc2cc(-c3ccc(C(N)=O)cc3F)nn12. The molecule has 0 saturated carbocycles. The van der Waals surface area contributed by atoms with E-state index < -0.39 is 17.7 Å². The Morgan fingerprint density at radius 1 is 1.29 bits per heavy atom. The first-order valence-corrected chi connectivity index (χ1v) is 7.13. The molecule has 1 aromatic carbocycles. The van der Waals surface area contributed by atoms with Crippen LogP contribution in [0.3, 0.4) is 0 Å². The molecule has 8 heteroatoms. The van der Waals surface area contributed by atoms with Crippen molar-refractivity contribution in [2.45, 2.75) is 13.3 Å². The monoisotopic (exact) mass is 328 g/mol. The van der Waals surface area contributed by atoms with E-state index in [1.54, 1.807) is 0 Å². The molecule has 0 atom stereocenters. The zero-order valence-corrected chi connectivity index (χ0v) is 12.7. The number of carbonyl (C=O) groups is 2. The van der Waals surface area contributed by atoms with Gasteiger partial charge in [-0.1, -0.05) is 6.92 Å². The number of nitrogens with zero attached hydrogens (tertiary/aromatic N) is 3. The van der Waals surface area contributed by atoms with Crippen molar-refractivity contribution in [3.05, 3.63) is 53.1 Å². The molecule has 0 bridgehead atoms. The molecule has 3 N–H and O–H groups in total. The third-order valence-corrected chi connectivity index (χ3v) is 3.61. The molecule has 0 saturated heterocycles. The van der Waals surface area contributed by atoms with Gasteiger partial charge in [0, 0.05) is 22.9 Å². The fourth-order valence-electron chi connectivity index (χ4n) is 2.41. The van der Waals surface area contributed by atoms with Crippen molar-refractivity contribution in [2.75, 3.05) is 0 Å². The summed E-state index contributed by atoms with van der Waals surface area (Å²) in [5.74, 6) is -2.52. The van der Waals surface area contributed by atoms with Crippen molar-refractivity contribution in [3.8, 4) is 11.3 Å². The number of carboxylic acids is 1. The molecule has 122 valence electrons. The van der Waals surface area contributed by atoms with E-state index in [4.69, 9.17) is 10.8 Å². The van der Waals surface area contributed by atoms with E-state index in [2.05, 4.69) is 10.1 Å². The summed E-state index contributed by atoms with van der Waals surface area (Å²) in [6.45, 7) is 1.85. The molecule has 7 nitrogen and oxygen atoms in total. The molecule has 2 aromatic heterocycles. The van der Waals surface area contributed by atoms with Crippen molar-refractivity contribution < 1.29 is 19.1 Å². The van der Waals surface area contributed by atoms with E-state index in [0.29, 0.717) is 17.8 Å². The average Bonchev–Trinajstić information content (AvgIpc) is 2.97. The number of hydrogen-bond donors (Lipinski definition) is 2. The molecule has 3 aromatic rings. The maximum absolute atomic E-state index is 14.2. The number of nitrogens with two attached hydrogens (primary N) is 1. The highest BCUT2D eigenvalue weighted by Gasteiger charge is 2.16. The van der Waals surface area contributed by atoms with Gasteiger partial charge in [0.15, 0.2) is 11.3 Å². The number of carboxylic acid groups (broad SMARTS) is 1. The standard InChI is InChI=1S/C16H13FN4O3/c1-2-9-6-13(16(23)24)19-14-7-12(20-21(9)14)10-4-3-8(15(18)22)5-11(10)17/h3-7H,2H2,1H3,(H2,18,22)(H,23,24). The predicted octanol–water partition coefficient (Wildman–Crippen LogP) is 1.89. The van der Waals surface area contributed by atoms with Gasteiger partial charge in [-0.3, -0.25) is 4.79 Å². The van der Waals surface area contributed by atoms with Crippen molar-refractivity contribution in [1.82, 2.24) is 14.6 Å². The van der Waals surface area contributed by atoms with Crippen molar-refractivity contribution in [3.63, 3.8) is 0 Å². The van der Waals surface area contributed by atoms with E-state index in [0.717, 1.165) is 6.07 Å². The quantitative estimate of drug-likeness (QED) is 0.760. The summed E-state index contributed by atoms with van der Waals surface area (Å²) >= 11 is 0. The minimum atomic E-state index is -1.15. The minimum Gasteiger partial charge on any atom is -0.477 e. The normalized spacial score (nSPS) is 10.9. The molecule has 0 aliphatic rings. The number of rotatable bonds is 4. The molecule has 0 aliphatic carbocycles. The fraction of sp³-hybridized carbons (Fsp3) is 0.125. The van der Waals surface area contributed by atoms with E-state index in [9.17, 15) is 14.0 Å². The third-order valence-electron chi connectivity index (χ3n) is 3.61. The first-order valence-electron chi connectivity index (χ1n) is 7.13. The Labute approximate surface area is 135 Å². The van der Waals surface area contributed by atoms with Gasteiger partial charge in [0.2, 0.25) is 5.91 Å². The topological polar surface area (TPSA) is 111 Å². The van der Waals surface area contributed by atoms with Crippen molar-refractivity contribution in [1.29, 1.82) is 0 Å². The minimum absolute atomic E-state index is 0.0561. The van der Waals surface area contributed by atoms with Crippen LogP contribution in [-0.2, 0) is 6.42 Å². The Morgan fingerprint density at radius 3 is 2.62 bits per heavy atom. The van der Waals surface area contributed by atoms with Crippen LogP contribution < -0.4 is 5.73 Å². The Morgan fingerprint density at radius 2 is 2.04 bits per heavy atom. The summed E-state index contributed by atoms with van der Waals surface area (Å²) in [5, 5.41) is 13.4. The Hall–Kier alpha value is -3.29. The first-order chi connectivity index (χ1) is 11.4. The van der Waals surface area contributed by atoms with Gasteiger partial charge in [-0.05, 0) is 30.7 Å². The van der Waals surface area contributed by atoms with Gasteiger partial charge in [0.1, 0.15) is 5.82 Å². The largest absolute Gasteiger partial charge is 0.477 e. The van der Waals surface area contributed by atoms with Gasteiger partial charge >= 0.3 is 5.97 Å². The first kappa shape index (κ1) is 15.6. The summed E-state index contributed by atoms with van der Waals surface area (Å²) in [7, 11) is 0. The second-order valence-corrected chi connectivity index (χ2v) is 5.15. The van der Waals surface area contributed by atoms with E-state index in [1.165, 1.54) is 28.8 Å². The summed E-state index contributed by atoms with van der Waals surface area (Å²) in [6, 6.07) is 6.77. The summed E-state index contributed by atoms with van der Waals surface area (Å²) in [5.41, 5.74) is 6.48. The highest BCUT2D eigenvalue weighted by molar-refractivity contribution is 5.93. The molecule has 1 amide bonds. The van der Waals surface area contributed by atoms with Crippen LogP contribution in [0.15, 0.2) is 30.3 Å². The number of benzene rings is 1. The Balaban J connectivity index is 2.18. The number of aromatic carboxylic acids is 1. The van der Waals surface area contributed by atoms with Gasteiger partial charge in [-0.2, -0.15) is 5.10 Å². The zero-order valence-electron chi connectivity index (χ0n) is 12.7. The van der Waals surface area contributed by atoms with Crippen LogP contribution in [0.1, 0.15) is 33.5 Å². The molecule has 0 radical (unpaired) electrons. The molecule has 24 heavy (non-hydrogen) atoms. The molecular weight excluding hydrogens is 315 g/mol. The lowest BCUT2D eigenvalue weighted by Crippen LogP contribution is -2.11. The van der Waals surface area contributed by atoms with Crippen LogP contribution in [0, 0.1) is 5.82 Å². The van der Waals surface area contributed by atoms with E-state index >= 15 is 0 Å². The third kappa shape index (κ3) is 2.58. The molecule has 2 heterocycles. The summed E-state index contributed by atoms with van der Waals surface area (Å²) in [6.07, 6.45) is 0.531. The lowest BCUT2D eigenvalue weighted by molar-refractivity contribution is 0.0690. The Bertz CT molecular complexity index is 981. The highest BCUT2D eigenvalue weighted by atomic mass is 19.1. The number of fused-ring (bicyclic) bond motifs is 1. The number of halogens is 1. The lowest BCUT2D eigenvalue weighted by atomic mass is 10.1. The highest BCUT2D eigenvalue weighted by Crippen LogP contribution is 2.24. The van der Waals surface area contributed by atoms with Gasteiger partial charge in [0.25, 0.3) is 0 Å². The number of hydrogen-bond acceptors (Lipinski definition) is 4. The van der Waals surface area contributed by atoms with Crippen molar-refractivity contribution in [2.24, 2.45) is 5.73 Å². The smallest absolute Gasteiger partial charge is 0.354 e. The van der Waals surface area contributed by atoms with Crippen LogP contribution >= 0.6 is 0 Å². The lowest BCUT2D eigenvalue weighted by Gasteiger charge is -2.03. The molecule has 3 rings (SSSR count). The number of primary amides is 1. The predicted molar refractivity (Wildman–Crippen MR) is 83.2 cm³/mol. The Kier molecular flexibility index (Phi) is 3.72. The summed E-state index contributed by atoms with van der Waals surface area (Å²) < 4.78 is 15.7. The number of carbonyl (C=O) groups excluding carboxylic acids is 1. The fourth-order valence-corrected chi connectivity index (χ4v) is 2.41. The molecule has 0 aliphatic heterocycles. The maximum Gasteiger partial charge on any atom is 0.354 e.